The SMILES string of the molecule is Fc1cc(Br)ccc1Nc1nc(Cl)nc(N2CCCC2)n1. The summed E-state index contributed by atoms with van der Waals surface area (Å²) in [4.78, 5) is 14.5. The predicted octanol–water partition coefficient (Wildman–Crippen LogP) is 3.77. The van der Waals surface area contributed by atoms with Gasteiger partial charge in [0.15, 0.2) is 0 Å². The van der Waals surface area contributed by atoms with Gasteiger partial charge in [-0.3, -0.25) is 0 Å². The third-order valence-corrected chi connectivity index (χ3v) is 3.83. The zero-order chi connectivity index (χ0) is 14.8. The Labute approximate surface area is 134 Å². The topological polar surface area (TPSA) is 53.9 Å². The van der Waals surface area contributed by atoms with E-state index >= 15 is 0 Å². The summed E-state index contributed by atoms with van der Waals surface area (Å²) in [6.07, 6.45) is 2.21. The van der Waals surface area contributed by atoms with Crippen LogP contribution in [-0.2, 0) is 0 Å². The Morgan fingerprint density at radius 2 is 1.95 bits per heavy atom. The number of halogens is 3. The van der Waals surface area contributed by atoms with Gasteiger partial charge in [-0.2, -0.15) is 15.0 Å². The molecule has 2 aromatic rings. The lowest BCUT2D eigenvalue weighted by atomic mass is 10.3. The Morgan fingerprint density at radius 1 is 1.19 bits per heavy atom. The molecule has 0 spiro atoms. The van der Waals surface area contributed by atoms with E-state index in [2.05, 4.69) is 36.2 Å². The fourth-order valence-electron chi connectivity index (χ4n) is 2.17. The van der Waals surface area contributed by atoms with E-state index in [0.717, 1.165) is 25.9 Å². The van der Waals surface area contributed by atoms with Gasteiger partial charge in [-0.05, 0) is 42.6 Å². The number of hydrogen-bond donors (Lipinski definition) is 1. The van der Waals surface area contributed by atoms with Gasteiger partial charge in [0.1, 0.15) is 5.82 Å². The van der Waals surface area contributed by atoms with Crippen LogP contribution < -0.4 is 10.2 Å². The summed E-state index contributed by atoms with van der Waals surface area (Å²) >= 11 is 9.14. The molecule has 1 aliphatic heterocycles. The molecule has 8 heteroatoms. The maximum Gasteiger partial charge on any atom is 0.233 e. The molecule has 0 unspecified atom stereocenters. The van der Waals surface area contributed by atoms with E-state index in [1.54, 1.807) is 12.1 Å². The molecule has 0 amide bonds. The zero-order valence-electron chi connectivity index (χ0n) is 11.0. The van der Waals surface area contributed by atoms with Crippen molar-refractivity contribution in [2.24, 2.45) is 0 Å². The van der Waals surface area contributed by atoms with Crippen LogP contribution in [0, 0.1) is 5.82 Å². The van der Waals surface area contributed by atoms with Crippen molar-refractivity contribution in [3.63, 3.8) is 0 Å². The number of nitrogens with one attached hydrogen (secondary N) is 1. The number of nitrogens with zero attached hydrogens (tertiary/aromatic N) is 4. The number of aromatic nitrogens is 3. The van der Waals surface area contributed by atoms with Crippen molar-refractivity contribution in [2.45, 2.75) is 12.8 Å². The van der Waals surface area contributed by atoms with Gasteiger partial charge in [-0.25, -0.2) is 4.39 Å². The number of rotatable bonds is 3. The fraction of sp³-hybridized carbons (Fsp3) is 0.308. The van der Waals surface area contributed by atoms with E-state index in [0.29, 0.717) is 10.4 Å². The monoisotopic (exact) mass is 371 g/mol. The lowest BCUT2D eigenvalue weighted by Crippen LogP contribution is -2.21. The van der Waals surface area contributed by atoms with Crippen molar-refractivity contribution in [1.29, 1.82) is 0 Å². The van der Waals surface area contributed by atoms with Gasteiger partial charge in [0.2, 0.25) is 17.2 Å². The summed E-state index contributed by atoms with van der Waals surface area (Å²) in [6, 6.07) is 4.70. The Morgan fingerprint density at radius 3 is 2.67 bits per heavy atom. The molecule has 1 aromatic carbocycles. The molecule has 1 aromatic heterocycles. The highest BCUT2D eigenvalue weighted by Gasteiger charge is 2.17. The van der Waals surface area contributed by atoms with Gasteiger partial charge in [-0.1, -0.05) is 15.9 Å². The Hall–Kier alpha value is -1.47. The maximum atomic E-state index is 13.8. The maximum absolute atomic E-state index is 13.8. The first-order valence-electron chi connectivity index (χ1n) is 6.50. The van der Waals surface area contributed by atoms with Gasteiger partial charge < -0.3 is 10.2 Å². The van der Waals surface area contributed by atoms with Crippen molar-refractivity contribution in [3.8, 4) is 0 Å². The van der Waals surface area contributed by atoms with Gasteiger partial charge in [-0.15, -0.1) is 0 Å². The van der Waals surface area contributed by atoms with Crippen LogP contribution in [0.4, 0.5) is 22.0 Å². The lowest BCUT2D eigenvalue weighted by Gasteiger charge is -2.16. The second kappa shape index (κ2) is 6.11. The minimum Gasteiger partial charge on any atom is -0.341 e. The molecule has 1 aliphatic rings. The van der Waals surface area contributed by atoms with E-state index in [4.69, 9.17) is 11.6 Å². The van der Waals surface area contributed by atoms with E-state index in [1.807, 2.05) is 4.90 Å². The average Bonchev–Trinajstić information content (AvgIpc) is 2.95. The first-order valence-corrected chi connectivity index (χ1v) is 7.67. The highest BCUT2D eigenvalue weighted by Crippen LogP contribution is 2.24. The second-order valence-electron chi connectivity index (χ2n) is 4.67. The Bertz CT molecular complexity index is 663. The lowest BCUT2D eigenvalue weighted by molar-refractivity contribution is 0.630. The van der Waals surface area contributed by atoms with Crippen LogP contribution in [0.1, 0.15) is 12.8 Å². The van der Waals surface area contributed by atoms with E-state index in [9.17, 15) is 4.39 Å². The van der Waals surface area contributed by atoms with E-state index in [-0.39, 0.29) is 16.9 Å². The highest BCUT2D eigenvalue weighted by atomic mass is 79.9. The van der Waals surface area contributed by atoms with Crippen LogP contribution in [0.2, 0.25) is 5.28 Å². The summed E-state index contributed by atoms with van der Waals surface area (Å²) in [6.45, 7) is 1.79. The van der Waals surface area contributed by atoms with Gasteiger partial charge >= 0.3 is 0 Å². The van der Waals surface area contributed by atoms with E-state index in [1.165, 1.54) is 6.07 Å². The summed E-state index contributed by atoms with van der Waals surface area (Å²) in [7, 11) is 0. The minimum atomic E-state index is -0.399. The first kappa shape index (κ1) is 14.5. The molecule has 0 aliphatic carbocycles. The van der Waals surface area contributed by atoms with Crippen LogP contribution in [0.3, 0.4) is 0 Å². The summed E-state index contributed by atoms with van der Waals surface area (Å²) in [5, 5.41) is 2.92. The third kappa shape index (κ3) is 3.41. The minimum absolute atomic E-state index is 0.0897. The molecule has 1 fully saturated rings. The Kier molecular flexibility index (Phi) is 4.21. The van der Waals surface area contributed by atoms with Crippen LogP contribution in [0.15, 0.2) is 22.7 Å². The van der Waals surface area contributed by atoms with Gasteiger partial charge in [0.25, 0.3) is 0 Å². The third-order valence-electron chi connectivity index (χ3n) is 3.16. The average molecular weight is 373 g/mol. The quantitative estimate of drug-likeness (QED) is 0.889. The van der Waals surface area contributed by atoms with Crippen LogP contribution >= 0.6 is 27.5 Å². The number of anilines is 3. The van der Waals surface area contributed by atoms with Crippen LogP contribution in [0.25, 0.3) is 0 Å². The normalized spacial score (nSPS) is 14.5. The standard InChI is InChI=1S/C13H12BrClFN5/c14-8-3-4-10(9(16)7-8)17-12-18-11(15)19-13(20-12)21-5-1-2-6-21/h3-4,7H,1-2,5-6H2,(H,17,18,19,20). The first-order chi connectivity index (χ1) is 10.1. The fourth-order valence-corrected chi connectivity index (χ4v) is 2.65. The Balaban J connectivity index is 1.87. The van der Waals surface area contributed by atoms with E-state index < -0.39 is 5.82 Å². The number of benzene rings is 1. The number of hydrogen-bond acceptors (Lipinski definition) is 5. The molecule has 110 valence electrons. The van der Waals surface area contributed by atoms with Crippen molar-refractivity contribution < 1.29 is 4.39 Å². The van der Waals surface area contributed by atoms with Crippen molar-refractivity contribution in [3.05, 3.63) is 33.8 Å². The molecule has 0 saturated carbocycles. The van der Waals surface area contributed by atoms with Crippen LogP contribution in [-0.4, -0.2) is 28.0 Å². The second-order valence-corrected chi connectivity index (χ2v) is 5.93. The molecular weight excluding hydrogens is 361 g/mol. The summed E-state index contributed by atoms with van der Waals surface area (Å²) in [5.41, 5.74) is 0.285. The summed E-state index contributed by atoms with van der Waals surface area (Å²) in [5.74, 6) is 0.356. The predicted molar refractivity (Wildman–Crippen MR) is 83.7 cm³/mol. The van der Waals surface area contributed by atoms with Gasteiger partial charge in [0.05, 0.1) is 5.69 Å². The van der Waals surface area contributed by atoms with Crippen molar-refractivity contribution in [1.82, 2.24) is 15.0 Å². The molecule has 0 radical (unpaired) electrons. The molecule has 3 rings (SSSR count). The largest absolute Gasteiger partial charge is 0.341 e. The molecular formula is C13H12BrClFN5. The molecule has 5 nitrogen and oxygen atoms in total. The zero-order valence-corrected chi connectivity index (χ0v) is 13.3. The van der Waals surface area contributed by atoms with Crippen LogP contribution in [0.5, 0.6) is 0 Å². The summed E-state index contributed by atoms with van der Waals surface area (Å²) < 4.78 is 14.5. The van der Waals surface area contributed by atoms with Crippen molar-refractivity contribution in [2.75, 3.05) is 23.3 Å². The molecule has 21 heavy (non-hydrogen) atoms. The molecule has 2 heterocycles. The smallest absolute Gasteiger partial charge is 0.233 e. The molecule has 0 atom stereocenters. The highest BCUT2D eigenvalue weighted by molar-refractivity contribution is 9.10. The molecule has 1 saturated heterocycles. The van der Waals surface area contributed by atoms with Crippen molar-refractivity contribution >= 4 is 45.1 Å². The molecule has 1 N–H and O–H groups in total. The van der Waals surface area contributed by atoms with Gasteiger partial charge in [0, 0.05) is 17.6 Å². The molecule has 0 bridgehead atoms.